The van der Waals surface area contributed by atoms with Gasteiger partial charge in [-0.15, -0.1) is 0 Å². The molecule has 2 heterocycles. The summed E-state index contributed by atoms with van der Waals surface area (Å²) in [4.78, 5) is 8.67. The average molecular weight is 309 g/mol. The van der Waals surface area contributed by atoms with Crippen molar-refractivity contribution in [3.63, 3.8) is 0 Å². The number of benzene rings is 1. The number of hydrogen-bond donors (Lipinski definition) is 1. The van der Waals surface area contributed by atoms with Crippen LogP contribution in [0.3, 0.4) is 0 Å². The van der Waals surface area contributed by atoms with Gasteiger partial charge in [0.2, 0.25) is 0 Å². The van der Waals surface area contributed by atoms with Crippen molar-refractivity contribution in [1.29, 1.82) is 0 Å². The molecule has 1 fully saturated rings. The highest BCUT2D eigenvalue weighted by Gasteiger charge is 2.29. The van der Waals surface area contributed by atoms with Crippen molar-refractivity contribution >= 4 is 16.9 Å². The average Bonchev–Trinajstić information content (AvgIpc) is 3.17. The molecule has 6 heteroatoms. The van der Waals surface area contributed by atoms with E-state index in [0.29, 0.717) is 0 Å². The van der Waals surface area contributed by atoms with E-state index in [2.05, 4.69) is 20.4 Å². The zero-order valence-electron chi connectivity index (χ0n) is 13.0. The quantitative estimate of drug-likeness (QED) is 0.803. The van der Waals surface area contributed by atoms with E-state index in [1.54, 1.807) is 17.2 Å². The predicted octanol–water partition coefficient (Wildman–Crippen LogP) is 2.78. The summed E-state index contributed by atoms with van der Waals surface area (Å²) < 4.78 is 7.91. The predicted molar refractivity (Wildman–Crippen MR) is 88.4 cm³/mol. The molecule has 2 aromatic heterocycles. The topological polar surface area (TPSA) is 64.9 Å². The molecule has 0 amide bonds. The van der Waals surface area contributed by atoms with Gasteiger partial charge < -0.3 is 10.1 Å². The second-order valence-corrected chi connectivity index (χ2v) is 5.88. The second kappa shape index (κ2) is 5.87. The number of ether oxygens (including phenoxy) is 1. The fourth-order valence-electron chi connectivity index (χ4n) is 3.16. The van der Waals surface area contributed by atoms with Gasteiger partial charge in [0, 0.05) is 7.05 Å². The molecule has 1 aliphatic carbocycles. The molecule has 2 atom stereocenters. The first-order valence-corrected chi connectivity index (χ1v) is 7.92. The summed E-state index contributed by atoms with van der Waals surface area (Å²) in [6.07, 6.45) is 6.81. The molecule has 118 valence electrons. The van der Waals surface area contributed by atoms with Crippen LogP contribution in [-0.4, -0.2) is 31.9 Å². The third-order valence-corrected chi connectivity index (χ3v) is 4.33. The number of nitrogens with zero attached hydrogens (tertiary/aromatic N) is 4. The third kappa shape index (κ3) is 2.72. The normalized spacial score (nSPS) is 20.7. The van der Waals surface area contributed by atoms with E-state index in [-0.39, 0.29) is 12.1 Å². The van der Waals surface area contributed by atoms with E-state index < -0.39 is 0 Å². The molecule has 0 aliphatic heterocycles. The fraction of sp³-hybridized carbons (Fsp3) is 0.353. The van der Waals surface area contributed by atoms with Crippen LogP contribution in [0.4, 0.5) is 5.82 Å². The summed E-state index contributed by atoms with van der Waals surface area (Å²) in [7, 11) is 1.88. The Labute approximate surface area is 134 Å². The maximum Gasteiger partial charge on any atom is 0.163 e. The molecule has 4 rings (SSSR count). The van der Waals surface area contributed by atoms with Crippen LogP contribution in [0.5, 0.6) is 5.75 Å². The van der Waals surface area contributed by atoms with Crippen LogP contribution in [0.25, 0.3) is 11.0 Å². The maximum absolute atomic E-state index is 6.15. The van der Waals surface area contributed by atoms with Gasteiger partial charge in [0.05, 0.1) is 17.6 Å². The monoisotopic (exact) mass is 309 g/mol. The van der Waals surface area contributed by atoms with Crippen LogP contribution in [0.2, 0.25) is 0 Å². The summed E-state index contributed by atoms with van der Waals surface area (Å²) in [5.41, 5.74) is 0.834. The van der Waals surface area contributed by atoms with Crippen LogP contribution in [-0.2, 0) is 7.05 Å². The highest BCUT2D eigenvalue weighted by Crippen LogP contribution is 2.28. The number of aromatic nitrogens is 4. The summed E-state index contributed by atoms with van der Waals surface area (Å²) in [6, 6.07) is 10.2. The molecule has 0 unspecified atom stereocenters. The van der Waals surface area contributed by atoms with Gasteiger partial charge in [0.1, 0.15) is 24.0 Å². The van der Waals surface area contributed by atoms with Crippen molar-refractivity contribution in [2.24, 2.45) is 7.05 Å². The minimum absolute atomic E-state index is 0.152. The SMILES string of the molecule is Cn1ncc2c(N[C@@H]3CCC[C@@H]3Oc3ccccc3)ncnc21. The molecule has 1 aliphatic rings. The van der Waals surface area contributed by atoms with Crippen LogP contribution in [0.15, 0.2) is 42.9 Å². The zero-order chi connectivity index (χ0) is 15.6. The van der Waals surface area contributed by atoms with Gasteiger partial charge in [-0.05, 0) is 31.4 Å². The molecule has 3 aromatic rings. The number of anilines is 1. The lowest BCUT2D eigenvalue weighted by Crippen LogP contribution is -2.33. The summed E-state index contributed by atoms with van der Waals surface area (Å²) in [6.45, 7) is 0. The first-order valence-electron chi connectivity index (χ1n) is 7.92. The van der Waals surface area contributed by atoms with Crippen LogP contribution >= 0.6 is 0 Å². The molecule has 0 radical (unpaired) electrons. The van der Waals surface area contributed by atoms with Gasteiger partial charge in [-0.3, -0.25) is 4.68 Å². The Morgan fingerprint density at radius 2 is 2.04 bits per heavy atom. The number of aryl methyl sites for hydroxylation is 1. The fourth-order valence-corrected chi connectivity index (χ4v) is 3.16. The molecule has 6 nitrogen and oxygen atoms in total. The van der Waals surface area contributed by atoms with Crippen LogP contribution in [0, 0.1) is 0 Å². The Kier molecular flexibility index (Phi) is 3.57. The maximum atomic E-state index is 6.15. The number of rotatable bonds is 4. The Balaban J connectivity index is 1.55. The van der Waals surface area contributed by atoms with Crippen molar-refractivity contribution in [3.8, 4) is 5.75 Å². The van der Waals surface area contributed by atoms with E-state index in [4.69, 9.17) is 4.74 Å². The van der Waals surface area contributed by atoms with E-state index in [0.717, 1.165) is 41.9 Å². The first-order chi connectivity index (χ1) is 11.3. The molecular weight excluding hydrogens is 290 g/mol. The highest BCUT2D eigenvalue weighted by atomic mass is 16.5. The zero-order valence-corrected chi connectivity index (χ0v) is 13.0. The molecule has 23 heavy (non-hydrogen) atoms. The summed E-state index contributed by atoms with van der Waals surface area (Å²) in [5, 5.41) is 8.74. The molecule has 1 N–H and O–H groups in total. The van der Waals surface area contributed by atoms with Gasteiger partial charge in [-0.1, -0.05) is 18.2 Å². The molecule has 0 spiro atoms. The molecule has 0 saturated heterocycles. The second-order valence-electron chi connectivity index (χ2n) is 5.88. The Morgan fingerprint density at radius 1 is 1.17 bits per heavy atom. The number of nitrogens with one attached hydrogen (secondary N) is 1. The number of fused-ring (bicyclic) bond motifs is 1. The lowest BCUT2D eigenvalue weighted by Gasteiger charge is -2.23. The molecule has 0 bridgehead atoms. The van der Waals surface area contributed by atoms with Gasteiger partial charge in [0.15, 0.2) is 5.65 Å². The van der Waals surface area contributed by atoms with Gasteiger partial charge >= 0.3 is 0 Å². The lowest BCUT2D eigenvalue weighted by atomic mass is 10.2. The van der Waals surface area contributed by atoms with E-state index in [1.807, 2.05) is 37.4 Å². The van der Waals surface area contributed by atoms with Crippen LogP contribution in [0.1, 0.15) is 19.3 Å². The molecule has 1 aromatic carbocycles. The van der Waals surface area contributed by atoms with E-state index in [9.17, 15) is 0 Å². The Hall–Kier alpha value is -2.63. The van der Waals surface area contributed by atoms with Crippen molar-refractivity contribution in [2.45, 2.75) is 31.4 Å². The van der Waals surface area contributed by atoms with E-state index in [1.165, 1.54) is 0 Å². The highest BCUT2D eigenvalue weighted by molar-refractivity contribution is 5.86. The van der Waals surface area contributed by atoms with Crippen molar-refractivity contribution < 1.29 is 4.74 Å². The van der Waals surface area contributed by atoms with Gasteiger partial charge in [-0.25, -0.2) is 9.97 Å². The standard InChI is InChI=1S/C17H19N5O/c1-22-17-13(10-20-22)16(18-11-19-17)21-14-8-5-9-15(14)23-12-6-3-2-4-7-12/h2-4,6-7,10-11,14-15H,5,8-9H2,1H3,(H,18,19,21)/t14-,15+/m1/s1. The third-order valence-electron chi connectivity index (χ3n) is 4.33. The van der Waals surface area contributed by atoms with Crippen molar-refractivity contribution in [1.82, 2.24) is 19.7 Å². The number of hydrogen-bond acceptors (Lipinski definition) is 5. The minimum Gasteiger partial charge on any atom is -0.488 e. The van der Waals surface area contributed by atoms with Gasteiger partial charge in [-0.2, -0.15) is 5.10 Å². The lowest BCUT2D eigenvalue weighted by molar-refractivity contribution is 0.198. The smallest absolute Gasteiger partial charge is 0.163 e. The summed E-state index contributed by atoms with van der Waals surface area (Å²) >= 11 is 0. The Bertz CT molecular complexity index is 801. The molecule has 1 saturated carbocycles. The summed E-state index contributed by atoms with van der Waals surface area (Å²) in [5.74, 6) is 1.75. The largest absolute Gasteiger partial charge is 0.488 e. The Morgan fingerprint density at radius 3 is 2.91 bits per heavy atom. The molecular formula is C17H19N5O. The minimum atomic E-state index is 0.152. The van der Waals surface area contributed by atoms with E-state index >= 15 is 0 Å². The first kappa shape index (κ1) is 14.0. The number of para-hydroxylation sites is 1. The van der Waals surface area contributed by atoms with Crippen molar-refractivity contribution in [3.05, 3.63) is 42.9 Å². The van der Waals surface area contributed by atoms with Gasteiger partial charge in [0.25, 0.3) is 0 Å². The van der Waals surface area contributed by atoms with Crippen LogP contribution < -0.4 is 10.1 Å². The van der Waals surface area contributed by atoms with Crippen molar-refractivity contribution in [2.75, 3.05) is 5.32 Å².